The number of nitrogens with zero attached hydrogens (tertiary/aromatic N) is 1. The first kappa shape index (κ1) is 12.2. The molecule has 0 fully saturated rings. The molecule has 15 heavy (non-hydrogen) atoms. The van der Waals surface area contributed by atoms with E-state index >= 15 is 0 Å². The first-order valence-electron chi connectivity index (χ1n) is 4.99. The third kappa shape index (κ3) is 2.23. The topological polar surface area (TPSA) is 12.5 Å². The number of benzene rings is 1. The minimum atomic E-state index is 0.716. The molecule has 0 bridgehead atoms. The van der Waals surface area contributed by atoms with Gasteiger partial charge in [0.25, 0.3) is 0 Å². The van der Waals surface area contributed by atoms with Gasteiger partial charge >= 0.3 is 0 Å². The summed E-state index contributed by atoms with van der Waals surface area (Å²) >= 11 is 4.30. The van der Waals surface area contributed by atoms with Crippen LogP contribution in [0, 0.1) is 20.8 Å². The minimum Gasteiger partial charge on any atom is -0.496 e. The lowest BCUT2D eigenvalue weighted by Crippen LogP contribution is -2.17. The Balaban J connectivity index is 3.35. The van der Waals surface area contributed by atoms with Crippen molar-refractivity contribution in [1.82, 2.24) is 0 Å². The number of anilines is 1. The van der Waals surface area contributed by atoms with E-state index in [0.29, 0.717) is 5.88 Å². The van der Waals surface area contributed by atoms with Crippen molar-refractivity contribution in [3.63, 3.8) is 0 Å². The largest absolute Gasteiger partial charge is 0.496 e. The van der Waals surface area contributed by atoms with Crippen LogP contribution in [0.3, 0.4) is 0 Å². The van der Waals surface area contributed by atoms with Gasteiger partial charge in [0.05, 0.1) is 13.0 Å². The molecule has 0 heterocycles. The molecule has 0 amide bonds. The zero-order valence-electron chi connectivity index (χ0n) is 10.1. The predicted octanol–water partition coefficient (Wildman–Crippen LogP) is 2.94. The third-order valence-corrected chi connectivity index (χ3v) is 3.25. The summed E-state index contributed by atoms with van der Waals surface area (Å²) in [5.74, 6) is 1.68. The molecule has 2 nitrogen and oxygen atoms in total. The first-order valence-corrected chi connectivity index (χ1v) is 5.63. The van der Waals surface area contributed by atoms with Crippen molar-refractivity contribution in [3.05, 3.63) is 22.8 Å². The molecule has 0 aliphatic rings. The molecule has 0 aliphatic carbocycles. The van der Waals surface area contributed by atoms with Gasteiger partial charge in [-0.1, -0.05) is 0 Å². The van der Waals surface area contributed by atoms with Gasteiger partial charge in [-0.25, -0.2) is 0 Å². The summed E-state index contributed by atoms with van der Waals surface area (Å²) in [6.45, 7) is 6.31. The number of rotatable bonds is 3. The summed E-state index contributed by atoms with van der Waals surface area (Å²) in [6, 6.07) is 2.08. The van der Waals surface area contributed by atoms with Gasteiger partial charge < -0.3 is 9.64 Å². The van der Waals surface area contributed by atoms with Gasteiger partial charge in [-0.3, -0.25) is 0 Å². The van der Waals surface area contributed by atoms with E-state index in [1.807, 2.05) is 7.05 Å². The molecule has 0 saturated carbocycles. The van der Waals surface area contributed by atoms with E-state index in [4.69, 9.17) is 4.74 Å². The molecular formula is C12H19NOS. The molecule has 0 aliphatic heterocycles. The van der Waals surface area contributed by atoms with Gasteiger partial charge in [-0.2, -0.15) is 12.6 Å². The van der Waals surface area contributed by atoms with Gasteiger partial charge in [-0.15, -0.1) is 0 Å². The fourth-order valence-corrected chi connectivity index (χ4v) is 2.04. The van der Waals surface area contributed by atoms with E-state index in [9.17, 15) is 0 Å². The second-order valence-corrected chi connectivity index (χ2v) is 4.12. The maximum atomic E-state index is 5.34. The summed E-state index contributed by atoms with van der Waals surface area (Å²) in [7, 11) is 3.76. The summed E-state index contributed by atoms with van der Waals surface area (Å²) in [5, 5.41) is 0. The molecule has 1 aromatic carbocycles. The quantitative estimate of drug-likeness (QED) is 0.627. The molecule has 1 aromatic rings. The van der Waals surface area contributed by atoms with E-state index in [1.54, 1.807) is 7.11 Å². The van der Waals surface area contributed by atoms with Gasteiger partial charge in [0.15, 0.2) is 0 Å². The highest BCUT2D eigenvalue weighted by Crippen LogP contribution is 2.33. The smallest absolute Gasteiger partial charge is 0.122 e. The first-order chi connectivity index (χ1) is 7.02. The molecule has 0 saturated heterocycles. The number of aryl methyl sites for hydroxylation is 1. The van der Waals surface area contributed by atoms with Crippen molar-refractivity contribution in [2.24, 2.45) is 0 Å². The van der Waals surface area contributed by atoms with Crippen molar-refractivity contribution in [2.75, 3.05) is 24.9 Å². The Morgan fingerprint density at radius 1 is 1.27 bits per heavy atom. The summed E-state index contributed by atoms with van der Waals surface area (Å²) in [4.78, 5) is 2.14. The van der Waals surface area contributed by atoms with E-state index in [0.717, 1.165) is 5.75 Å². The third-order valence-electron chi connectivity index (χ3n) is 2.82. The standard InChI is InChI=1S/C12H19NOS/c1-8-6-11(14-5)9(2)10(3)12(8)13(4)7-15/h6,15H,7H2,1-5H3. The fraction of sp³-hybridized carbons (Fsp3) is 0.500. The highest BCUT2D eigenvalue weighted by atomic mass is 32.1. The van der Waals surface area contributed by atoms with Gasteiger partial charge in [-0.05, 0) is 43.5 Å². The van der Waals surface area contributed by atoms with Crippen LogP contribution < -0.4 is 9.64 Å². The monoisotopic (exact) mass is 225 g/mol. The normalized spacial score (nSPS) is 10.3. The van der Waals surface area contributed by atoms with Crippen LogP contribution in [0.5, 0.6) is 5.75 Å². The van der Waals surface area contributed by atoms with Crippen molar-refractivity contribution < 1.29 is 4.74 Å². The Morgan fingerprint density at radius 3 is 2.33 bits per heavy atom. The fourth-order valence-electron chi connectivity index (χ4n) is 1.90. The van der Waals surface area contributed by atoms with Crippen molar-refractivity contribution in [1.29, 1.82) is 0 Å². The van der Waals surface area contributed by atoms with Crippen LogP contribution >= 0.6 is 12.6 Å². The van der Waals surface area contributed by atoms with Crippen molar-refractivity contribution >= 4 is 18.3 Å². The van der Waals surface area contributed by atoms with Crippen molar-refractivity contribution in [2.45, 2.75) is 20.8 Å². The number of thiol groups is 1. The van der Waals surface area contributed by atoms with Crippen LogP contribution in [-0.4, -0.2) is 20.0 Å². The average Bonchev–Trinajstić information content (AvgIpc) is 2.23. The van der Waals surface area contributed by atoms with E-state index in [2.05, 4.69) is 44.4 Å². The molecule has 0 atom stereocenters. The second kappa shape index (κ2) is 4.79. The second-order valence-electron chi connectivity index (χ2n) is 3.83. The molecule has 1 rings (SSSR count). The number of methoxy groups -OCH3 is 1. The number of ether oxygens (including phenoxy) is 1. The lowest BCUT2D eigenvalue weighted by atomic mass is 10.0. The molecule has 0 unspecified atom stereocenters. The average molecular weight is 225 g/mol. The van der Waals surface area contributed by atoms with E-state index in [1.165, 1.54) is 22.4 Å². The number of hydrogen-bond donors (Lipinski definition) is 1. The van der Waals surface area contributed by atoms with Crippen LogP contribution in [0.1, 0.15) is 16.7 Å². The van der Waals surface area contributed by atoms with Crippen LogP contribution in [0.25, 0.3) is 0 Å². The molecular weight excluding hydrogens is 206 g/mol. The summed E-state index contributed by atoms with van der Waals surface area (Å²) in [5.41, 5.74) is 4.95. The zero-order chi connectivity index (χ0) is 11.6. The van der Waals surface area contributed by atoms with Crippen molar-refractivity contribution in [3.8, 4) is 5.75 Å². The van der Waals surface area contributed by atoms with Gasteiger partial charge in [0.2, 0.25) is 0 Å². The van der Waals surface area contributed by atoms with Gasteiger partial charge in [0.1, 0.15) is 5.75 Å². The van der Waals surface area contributed by atoms with Crippen LogP contribution in [-0.2, 0) is 0 Å². The molecule has 0 radical (unpaired) electrons. The van der Waals surface area contributed by atoms with Crippen LogP contribution in [0.15, 0.2) is 6.07 Å². The van der Waals surface area contributed by atoms with E-state index in [-0.39, 0.29) is 0 Å². The Labute approximate surface area is 97.6 Å². The Morgan fingerprint density at radius 2 is 1.87 bits per heavy atom. The number of hydrogen-bond acceptors (Lipinski definition) is 3. The molecule has 0 N–H and O–H groups in total. The highest BCUT2D eigenvalue weighted by molar-refractivity contribution is 7.80. The highest BCUT2D eigenvalue weighted by Gasteiger charge is 2.12. The lowest BCUT2D eigenvalue weighted by Gasteiger charge is -2.24. The molecule has 0 aromatic heterocycles. The summed E-state index contributed by atoms with van der Waals surface area (Å²) < 4.78 is 5.34. The SMILES string of the molecule is COc1cc(C)c(N(C)CS)c(C)c1C. The molecule has 3 heteroatoms. The zero-order valence-corrected chi connectivity index (χ0v) is 11.0. The Bertz CT molecular complexity index is 363. The van der Waals surface area contributed by atoms with Crippen LogP contribution in [0.4, 0.5) is 5.69 Å². The predicted molar refractivity (Wildman–Crippen MR) is 69.5 cm³/mol. The van der Waals surface area contributed by atoms with Gasteiger partial charge in [0, 0.05) is 12.7 Å². The summed E-state index contributed by atoms with van der Waals surface area (Å²) in [6.07, 6.45) is 0. The Hall–Kier alpha value is -0.830. The lowest BCUT2D eigenvalue weighted by molar-refractivity contribution is 0.411. The molecule has 0 spiro atoms. The maximum absolute atomic E-state index is 5.34. The van der Waals surface area contributed by atoms with E-state index < -0.39 is 0 Å². The Kier molecular flexibility index (Phi) is 3.91. The molecule has 84 valence electrons. The maximum Gasteiger partial charge on any atom is 0.122 e. The minimum absolute atomic E-state index is 0.716. The van der Waals surface area contributed by atoms with Crippen LogP contribution in [0.2, 0.25) is 0 Å².